The van der Waals surface area contributed by atoms with E-state index in [0.717, 1.165) is 23.8 Å². The maximum atomic E-state index is 10.4. The monoisotopic (exact) mass is 274 g/mol. The molecule has 0 aliphatic carbocycles. The molecular weight excluding hydrogens is 260 g/mol. The number of carboxylic acids is 1. The lowest BCUT2D eigenvalue weighted by Crippen LogP contribution is -1.92. The van der Waals surface area contributed by atoms with Crippen molar-refractivity contribution in [1.82, 2.24) is 10.2 Å². The maximum Gasteiger partial charge on any atom is 0.328 e. The number of aryl methyl sites for hydroxylation is 2. The van der Waals surface area contributed by atoms with E-state index in [1.54, 1.807) is 7.11 Å². The molecule has 6 heteroatoms. The van der Waals surface area contributed by atoms with Gasteiger partial charge in [0, 0.05) is 18.6 Å². The normalized spacial score (nSPS) is 10.8. The van der Waals surface area contributed by atoms with Crippen LogP contribution in [0.5, 0.6) is 5.75 Å². The molecule has 2 rings (SSSR count). The fourth-order valence-corrected chi connectivity index (χ4v) is 1.62. The van der Waals surface area contributed by atoms with Crippen LogP contribution in [-0.4, -0.2) is 28.4 Å². The number of nitrogens with zero attached hydrogens (tertiary/aromatic N) is 2. The molecule has 0 fully saturated rings. The number of hydrogen-bond donors (Lipinski definition) is 1. The standard InChI is InChI=1S/C14H14N2O4/c1-19-11-5-2-10(3-6-11)4-7-12-15-16-13(20-12)8-9-14(17)18/h2-3,5-6,8-9H,4,7H2,1H3,(H,17,18)/b9-8+. The molecule has 0 aliphatic rings. The Morgan fingerprint density at radius 2 is 2.05 bits per heavy atom. The first-order valence-electron chi connectivity index (χ1n) is 6.03. The predicted molar refractivity (Wildman–Crippen MR) is 71.4 cm³/mol. The molecule has 104 valence electrons. The fraction of sp³-hybridized carbons (Fsp3) is 0.214. The van der Waals surface area contributed by atoms with E-state index in [-0.39, 0.29) is 5.89 Å². The van der Waals surface area contributed by atoms with E-state index in [1.165, 1.54) is 6.08 Å². The number of aliphatic carboxylic acids is 1. The SMILES string of the molecule is COc1ccc(CCc2nnc(/C=C/C(=O)O)o2)cc1. The van der Waals surface area contributed by atoms with Crippen molar-refractivity contribution >= 4 is 12.0 Å². The maximum absolute atomic E-state index is 10.4. The molecule has 0 spiro atoms. The molecule has 1 aromatic heterocycles. The summed E-state index contributed by atoms with van der Waals surface area (Å²) in [5.41, 5.74) is 1.13. The molecule has 1 heterocycles. The zero-order valence-electron chi connectivity index (χ0n) is 10.9. The van der Waals surface area contributed by atoms with E-state index in [0.29, 0.717) is 12.3 Å². The highest BCUT2D eigenvalue weighted by Crippen LogP contribution is 2.13. The van der Waals surface area contributed by atoms with Gasteiger partial charge < -0.3 is 14.3 Å². The lowest BCUT2D eigenvalue weighted by Gasteiger charge is -2.01. The Kier molecular flexibility index (Phi) is 4.49. The molecule has 20 heavy (non-hydrogen) atoms. The summed E-state index contributed by atoms with van der Waals surface area (Å²) in [6, 6.07) is 7.73. The summed E-state index contributed by atoms with van der Waals surface area (Å²) in [6.07, 6.45) is 3.58. The lowest BCUT2D eigenvalue weighted by atomic mass is 10.1. The number of carboxylic acid groups (broad SMARTS) is 1. The highest BCUT2D eigenvalue weighted by atomic mass is 16.5. The summed E-state index contributed by atoms with van der Waals surface area (Å²) in [5, 5.41) is 16.1. The lowest BCUT2D eigenvalue weighted by molar-refractivity contribution is -0.131. The van der Waals surface area contributed by atoms with Crippen LogP contribution in [0.25, 0.3) is 6.08 Å². The average Bonchev–Trinajstić information content (AvgIpc) is 2.91. The van der Waals surface area contributed by atoms with E-state index >= 15 is 0 Å². The summed E-state index contributed by atoms with van der Waals surface area (Å²) < 4.78 is 10.4. The molecule has 1 N–H and O–H groups in total. The molecule has 2 aromatic rings. The number of aromatic nitrogens is 2. The minimum Gasteiger partial charge on any atom is -0.497 e. The van der Waals surface area contributed by atoms with Gasteiger partial charge in [0.25, 0.3) is 0 Å². The van der Waals surface area contributed by atoms with Crippen LogP contribution < -0.4 is 4.74 Å². The van der Waals surface area contributed by atoms with Crippen LogP contribution in [0.15, 0.2) is 34.8 Å². The second kappa shape index (κ2) is 6.51. The predicted octanol–water partition coefficient (Wildman–Crippen LogP) is 1.96. The molecule has 0 aliphatic heterocycles. The highest BCUT2D eigenvalue weighted by Gasteiger charge is 2.04. The topological polar surface area (TPSA) is 85.5 Å². The van der Waals surface area contributed by atoms with Gasteiger partial charge in [-0.25, -0.2) is 4.79 Å². The third-order valence-electron chi connectivity index (χ3n) is 2.64. The van der Waals surface area contributed by atoms with E-state index in [2.05, 4.69) is 10.2 Å². The van der Waals surface area contributed by atoms with Crippen molar-refractivity contribution in [3.05, 3.63) is 47.7 Å². The molecule has 0 unspecified atom stereocenters. The smallest absolute Gasteiger partial charge is 0.328 e. The third kappa shape index (κ3) is 3.94. The van der Waals surface area contributed by atoms with Crippen LogP contribution in [0.1, 0.15) is 17.3 Å². The van der Waals surface area contributed by atoms with Gasteiger partial charge in [-0.1, -0.05) is 12.1 Å². The highest BCUT2D eigenvalue weighted by molar-refractivity contribution is 5.84. The molecule has 1 aromatic carbocycles. The van der Waals surface area contributed by atoms with Crippen molar-refractivity contribution in [3.8, 4) is 5.75 Å². The van der Waals surface area contributed by atoms with Crippen LogP contribution in [0.3, 0.4) is 0 Å². The van der Waals surface area contributed by atoms with Crippen molar-refractivity contribution in [2.24, 2.45) is 0 Å². The van der Waals surface area contributed by atoms with Crippen molar-refractivity contribution in [3.63, 3.8) is 0 Å². The van der Waals surface area contributed by atoms with Crippen molar-refractivity contribution in [1.29, 1.82) is 0 Å². The van der Waals surface area contributed by atoms with Gasteiger partial charge in [0.2, 0.25) is 11.8 Å². The first-order chi connectivity index (χ1) is 9.67. The second-order valence-electron chi connectivity index (χ2n) is 4.05. The van der Waals surface area contributed by atoms with Crippen molar-refractivity contribution in [2.75, 3.05) is 7.11 Å². The molecule has 0 amide bonds. The number of methoxy groups -OCH3 is 1. The van der Waals surface area contributed by atoms with E-state index in [4.69, 9.17) is 14.3 Å². The average molecular weight is 274 g/mol. The van der Waals surface area contributed by atoms with Crippen molar-refractivity contribution < 1.29 is 19.1 Å². The first-order valence-corrected chi connectivity index (χ1v) is 6.03. The Morgan fingerprint density at radius 3 is 2.70 bits per heavy atom. The Hall–Kier alpha value is -2.63. The number of benzene rings is 1. The summed E-state index contributed by atoms with van der Waals surface area (Å²) in [4.78, 5) is 10.4. The number of ether oxygens (including phenoxy) is 1. The Balaban J connectivity index is 1.91. The molecule has 0 bridgehead atoms. The van der Waals surface area contributed by atoms with Gasteiger partial charge >= 0.3 is 5.97 Å². The van der Waals surface area contributed by atoms with Gasteiger partial charge in [0.1, 0.15) is 5.75 Å². The minimum absolute atomic E-state index is 0.192. The molecular formula is C14H14N2O4. The number of hydrogen-bond acceptors (Lipinski definition) is 5. The van der Waals surface area contributed by atoms with Gasteiger partial charge in [-0.05, 0) is 24.1 Å². The van der Waals surface area contributed by atoms with E-state index in [9.17, 15) is 4.79 Å². The van der Waals surface area contributed by atoms with Gasteiger partial charge in [-0.2, -0.15) is 0 Å². The van der Waals surface area contributed by atoms with E-state index < -0.39 is 5.97 Å². The molecule has 0 saturated carbocycles. The largest absolute Gasteiger partial charge is 0.497 e. The van der Waals surface area contributed by atoms with Gasteiger partial charge in [-0.15, -0.1) is 10.2 Å². The van der Waals surface area contributed by atoms with Crippen LogP contribution in [0.4, 0.5) is 0 Å². The summed E-state index contributed by atoms with van der Waals surface area (Å²) in [6.45, 7) is 0. The Labute approximate surface area is 115 Å². The Bertz CT molecular complexity index is 602. The quantitative estimate of drug-likeness (QED) is 0.810. The summed E-state index contributed by atoms with van der Waals surface area (Å²) >= 11 is 0. The molecule has 0 atom stereocenters. The van der Waals surface area contributed by atoms with Crippen LogP contribution in [0.2, 0.25) is 0 Å². The third-order valence-corrected chi connectivity index (χ3v) is 2.64. The zero-order valence-corrected chi connectivity index (χ0v) is 10.9. The summed E-state index contributed by atoms with van der Waals surface area (Å²) in [5.74, 6) is 0.429. The summed E-state index contributed by atoms with van der Waals surface area (Å²) in [7, 11) is 1.62. The second-order valence-corrected chi connectivity index (χ2v) is 4.05. The fourth-order valence-electron chi connectivity index (χ4n) is 1.62. The minimum atomic E-state index is -1.05. The van der Waals surface area contributed by atoms with Gasteiger partial charge in [-0.3, -0.25) is 0 Å². The number of carbonyl (C=O) groups is 1. The van der Waals surface area contributed by atoms with Gasteiger partial charge in [0.05, 0.1) is 7.11 Å². The van der Waals surface area contributed by atoms with Crippen LogP contribution >= 0.6 is 0 Å². The van der Waals surface area contributed by atoms with Gasteiger partial charge in [0.15, 0.2) is 0 Å². The van der Waals surface area contributed by atoms with Crippen LogP contribution in [0, 0.1) is 0 Å². The Morgan fingerprint density at radius 1 is 1.30 bits per heavy atom. The zero-order chi connectivity index (χ0) is 14.4. The van der Waals surface area contributed by atoms with E-state index in [1.807, 2.05) is 24.3 Å². The first kappa shape index (κ1) is 13.8. The van der Waals surface area contributed by atoms with Crippen LogP contribution in [-0.2, 0) is 17.6 Å². The molecule has 6 nitrogen and oxygen atoms in total. The van der Waals surface area contributed by atoms with Crippen molar-refractivity contribution in [2.45, 2.75) is 12.8 Å². The number of rotatable bonds is 6. The molecule has 0 saturated heterocycles. The molecule has 0 radical (unpaired) electrons.